The number of carbonyl (C=O) groups excluding carboxylic acids is 1. The maximum Gasteiger partial charge on any atom is 0.533 e. The molecule has 1 aliphatic rings. The topological polar surface area (TPSA) is 97.8 Å². The van der Waals surface area contributed by atoms with Crippen LogP contribution in [0.5, 0.6) is 0 Å². The minimum Gasteiger partial charge on any atom is -0.433 e. The molecule has 0 saturated heterocycles. The van der Waals surface area contributed by atoms with Crippen LogP contribution in [0.1, 0.15) is 73.2 Å². The lowest BCUT2D eigenvalue weighted by Crippen LogP contribution is -2.43. The van der Waals surface area contributed by atoms with Crippen molar-refractivity contribution in [2.75, 3.05) is 36.0 Å². The second-order valence-corrected chi connectivity index (χ2v) is 11.5. The number of hydrogen-bond acceptors (Lipinski definition) is 9. The second-order valence-electron chi connectivity index (χ2n) is 11.5. The van der Waals surface area contributed by atoms with Gasteiger partial charge in [0.1, 0.15) is 0 Å². The van der Waals surface area contributed by atoms with E-state index < -0.39 is 65.9 Å². The smallest absolute Gasteiger partial charge is 0.433 e. The Bertz CT molecular complexity index is 1620. The fourth-order valence-corrected chi connectivity index (χ4v) is 5.49. The van der Waals surface area contributed by atoms with Gasteiger partial charge in [-0.1, -0.05) is 6.92 Å². The van der Waals surface area contributed by atoms with Crippen molar-refractivity contribution in [3.63, 3.8) is 0 Å². The van der Waals surface area contributed by atoms with Gasteiger partial charge in [0.05, 0.1) is 65.3 Å². The Balaban J connectivity index is 1.79. The Kier molecular flexibility index (Phi) is 11.6. The number of alkyl halides is 9. The van der Waals surface area contributed by atoms with Crippen molar-refractivity contribution in [1.29, 1.82) is 0 Å². The van der Waals surface area contributed by atoms with Crippen molar-refractivity contribution in [3.05, 3.63) is 76.1 Å². The number of nitrogens with one attached hydrogen (secondary N) is 2. The quantitative estimate of drug-likeness (QED) is 0.149. The van der Waals surface area contributed by atoms with Crippen LogP contribution in [-0.2, 0) is 39.3 Å². The van der Waals surface area contributed by atoms with Crippen LogP contribution in [0.2, 0.25) is 0 Å². The van der Waals surface area contributed by atoms with Crippen LogP contribution in [0.4, 0.5) is 61.6 Å². The van der Waals surface area contributed by atoms with Crippen LogP contribution >= 0.6 is 0 Å². The molecule has 2 aromatic carbocycles. The summed E-state index contributed by atoms with van der Waals surface area (Å²) in [7, 11) is 1.43. The summed E-state index contributed by atoms with van der Waals surface area (Å²) in [5, 5.41) is 7.18. The van der Waals surface area contributed by atoms with E-state index in [0.717, 1.165) is 18.2 Å². The molecule has 3 atom stereocenters. The molecular weight excluding hydrogens is 689 g/mol. The zero-order valence-electron chi connectivity index (χ0n) is 27.2. The Hall–Kier alpha value is -4.48. The average molecular weight is 724 g/mol. The summed E-state index contributed by atoms with van der Waals surface area (Å²) in [5.41, 5.74) is -4.00. The van der Waals surface area contributed by atoms with Crippen LogP contribution < -0.4 is 15.7 Å². The predicted octanol–water partition coefficient (Wildman–Crippen LogP) is 8.80. The van der Waals surface area contributed by atoms with Crippen LogP contribution in [0.25, 0.3) is 0 Å². The molecule has 9 nitrogen and oxygen atoms in total. The first-order valence-corrected chi connectivity index (χ1v) is 15.3. The molecule has 1 aromatic heterocycles. The molecule has 1 unspecified atom stereocenters. The number of nitrogens with zero attached hydrogens (tertiary/aromatic N) is 3. The fraction of sp³-hybridized carbons (Fsp3) is 0.469. The first kappa shape index (κ1) is 38.3. The molecule has 2 heterocycles. The summed E-state index contributed by atoms with van der Waals surface area (Å²) >= 11 is 0. The van der Waals surface area contributed by atoms with Gasteiger partial charge in [-0.05, 0) is 68.7 Å². The van der Waals surface area contributed by atoms with Crippen molar-refractivity contribution in [2.24, 2.45) is 0 Å². The Morgan fingerprint density at radius 3 is 2.16 bits per heavy atom. The molecule has 0 aliphatic carbocycles. The number of halogens is 9. The lowest BCUT2D eigenvalue weighted by molar-refractivity contribution is -0.143. The van der Waals surface area contributed by atoms with E-state index in [1.807, 2.05) is 0 Å². The van der Waals surface area contributed by atoms with Crippen molar-refractivity contribution in [1.82, 2.24) is 9.97 Å². The van der Waals surface area contributed by atoms with Gasteiger partial charge in [0.15, 0.2) is 0 Å². The molecule has 274 valence electrons. The molecule has 18 heteroatoms. The van der Waals surface area contributed by atoms with E-state index in [2.05, 4.69) is 20.6 Å². The number of hydrogen-bond donors (Lipinski definition) is 2. The standard InChI is InChI=1S/C32H34F9N5O4/c1-5-22-14-24(23-13-19(30(33,34)35)7-8-27(23)46(22)50-29(47)49-6-2)44-28-42-15-26(43-17(3)16-48-4)25(45-28)11-18-9-20(31(36,37)38)12-21(10-18)32(39,40)41/h7-10,12-13,15,17,22,24,43H,5-6,11,14,16H2,1-4H3,(H,42,44,45)/t17?,22-,24+/m1/s1. The highest BCUT2D eigenvalue weighted by atomic mass is 19.4. The SMILES string of the molecule is CCOC(=O)ON1c2ccc(C(F)(F)F)cc2[C@@H](Nc2ncc(NC(C)COC)c(Cc3cc(C(F)(F)F)cc(C(F)(F)F)c3)n2)C[C@H]1CC. The summed E-state index contributed by atoms with van der Waals surface area (Å²) in [6, 6.07) is 2.18. The summed E-state index contributed by atoms with van der Waals surface area (Å²) in [4.78, 5) is 26.3. The predicted molar refractivity (Wildman–Crippen MR) is 163 cm³/mol. The number of fused-ring (bicyclic) bond motifs is 1. The third-order valence-corrected chi connectivity index (χ3v) is 7.72. The third kappa shape index (κ3) is 9.39. The number of hydroxylamine groups is 1. The number of rotatable bonds is 11. The number of ether oxygens (including phenoxy) is 2. The summed E-state index contributed by atoms with van der Waals surface area (Å²) in [6.45, 7) is 5.18. The highest BCUT2D eigenvalue weighted by Crippen LogP contribution is 2.43. The van der Waals surface area contributed by atoms with Crippen molar-refractivity contribution >= 4 is 23.5 Å². The van der Waals surface area contributed by atoms with Gasteiger partial charge in [0.25, 0.3) is 0 Å². The number of aromatic nitrogens is 2. The van der Waals surface area contributed by atoms with Gasteiger partial charge in [-0.15, -0.1) is 0 Å². The maximum absolute atomic E-state index is 13.8. The monoisotopic (exact) mass is 723 g/mol. The third-order valence-electron chi connectivity index (χ3n) is 7.72. The van der Waals surface area contributed by atoms with Gasteiger partial charge in [-0.25, -0.2) is 14.8 Å². The molecule has 0 fully saturated rings. The Morgan fingerprint density at radius 1 is 0.960 bits per heavy atom. The lowest BCUT2D eigenvalue weighted by Gasteiger charge is -2.40. The molecule has 0 saturated carbocycles. The van der Waals surface area contributed by atoms with Crippen molar-refractivity contribution in [3.8, 4) is 0 Å². The molecule has 2 N–H and O–H groups in total. The van der Waals surface area contributed by atoms with Crippen LogP contribution in [0.15, 0.2) is 42.6 Å². The second kappa shape index (κ2) is 15.2. The van der Waals surface area contributed by atoms with Crippen molar-refractivity contribution in [2.45, 2.75) is 76.7 Å². The number of carbonyl (C=O) groups is 1. The number of methoxy groups -OCH3 is 1. The molecule has 1 aliphatic heterocycles. The van der Waals surface area contributed by atoms with E-state index in [1.54, 1.807) is 20.8 Å². The van der Waals surface area contributed by atoms with Crippen LogP contribution in [-0.4, -0.2) is 48.5 Å². The fourth-order valence-electron chi connectivity index (χ4n) is 5.49. The molecule has 0 radical (unpaired) electrons. The Labute approximate surface area is 281 Å². The molecule has 3 aromatic rings. The maximum atomic E-state index is 13.8. The average Bonchev–Trinajstić information content (AvgIpc) is 3.02. The van der Waals surface area contributed by atoms with Gasteiger partial charge < -0.3 is 24.9 Å². The zero-order chi connectivity index (χ0) is 37.0. The molecule has 50 heavy (non-hydrogen) atoms. The largest absolute Gasteiger partial charge is 0.533 e. The highest BCUT2D eigenvalue weighted by Gasteiger charge is 2.39. The molecule has 0 bridgehead atoms. The molecular formula is C32H34F9N5O4. The van der Waals surface area contributed by atoms with E-state index in [0.29, 0.717) is 18.6 Å². The summed E-state index contributed by atoms with van der Waals surface area (Å²) < 4.78 is 133. The van der Waals surface area contributed by atoms with Gasteiger partial charge >= 0.3 is 24.7 Å². The van der Waals surface area contributed by atoms with Gasteiger partial charge in [-0.3, -0.25) is 0 Å². The van der Waals surface area contributed by atoms with E-state index in [4.69, 9.17) is 14.3 Å². The molecule has 0 amide bonds. The molecule has 4 rings (SSSR count). The van der Waals surface area contributed by atoms with E-state index in [-0.39, 0.29) is 59.8 Å². The van der Waals surface area contributed by atoms with Crippen molar-refractivity contribution < 1.29 is 58.6 Å². The van der Waals surface area contributed by atoms with Crippen LogP contribution in [0, 0.1) is 0 Å². The zero-order valence-corrected chi connectivity index (χ0v) is 27.2. The van der Waals surface area contributed by atoms with Gasteiger partial charge in [0.2, 0.25) is 5.95 Å². The number of benzene rings is 2. The minimum absolute atomic E-state index is 0.00251. The van der Waals surface area contributed by atoms with Crippen LogP contribution in [0.3, 0.4) is 0 Å². The summed E-state index contributed by atoms with van der Waals surface area (Å²) in [6.07, 6.45) is -14.8. The molecule has 0 spiro atoms. The number of anilines is 3. The highest BCUT2D eigenvalue weighted by molar-refractivity contribution is 5.66. The van der Waals surface area contributed by atoms with E-state index in [1.165, 1.54) is 18.4 Å². The minimum atomic E-state index is -5.08. The summed E-state index contributed by atoms with van der Waals surface area (Å²) in [5.74, 6) is -0.170. The first-order chi connectivity index (χ1) is 23.3. The Morgan fingerprint density at radius 2 is 1.60 bits per heavy atom. The van der Waals surface area contributed by atoms with Gasteiger partial charge in [-0.2, -0.15) is 44.6 Å². The normalized spacial score (nSPS) is 17.2. The van der Waals surface area contributed by atoms with E-state index >= 15 is 0 Å². The van der Waals surface area contributed by atoms with Gasteiger partial charge in [0, 0.05) is 25.1 Å². The first-order valence-electron chi connectivity index (χ1n) is 15.3. The van der Waals surface area contributed by atoms with E-state index in [9.17, 15) is 44.3 Å². The lowest BCUT2D eigenvalue weighted by atomic mass is 9.90.